The van der Waals surface area contributed by atoms with Crippen molar-refractivity contribution in [2.45, 2.75) is 13.0 Å². The first kappa shape index (κ1) is 12.2. The van der Waals surface area contributed by atoms with E-state index >= 15 is 0 Å². The van der Waals surface area contributed by atoms with Crippen molar-refractivity contribution in [1.29, 1.82) is 0 Å². The van der Waals surface area contributed by atoms with Crippen molar-refractivity contribution in [3.05, 3.63) is 53.9 Å². The molecule has 0 aliphatic heterocycles. The molecule has 4 nitrogen and oxygen atoms in total. The fourth-order valence-corrected chi connectivity index (χ4v) is 1.81. The number of aromatic nitrogens is 1. The van der Waals surface area contributed by atoms with Gasteiger partial charge in [-0.3, -0.25) is 4.79 Å². The first-order valence-electron chi connectivity index (χ1n) is 5.79. The van der Waals surface area contributed by atoms with Gasteiger partial charge in [0.25, 0.3) is 5.91 Å². The lowest BCUT2D eigenvalue weighted by atomic mass is 10.1. The van der Waals surface area contributed by atoms with Crippen LogP contribution in [0.3, 0.4) is 0 Å². The van der Waals surface area contributed by atoms with Crippen molar-refractivity contribution in [2.75, 3.05) is 7.05 Å². The molecule has 2 rings (SSSR count). The van der Waals surface area contributed by atoms with Crippen molar-refractivity contribution in [3.63, 3.8) is 0 Å². The van der Waals surface area contributed by atoms with E-state index in [0.717, 1.165) is 5.56 Å². The molecule has 0 aliphatic rings. The van der Waals surface area contributed by atoms with Gasteiger partial charge in [-0.25, -0.2) is 0 Å². The van der Waals surface area contributed by atoms with Gasteiger partial charge >= 0.3 is 0 Å². The molecule has 1 aromatic heterocycles. The molecule has 18 heavy (non-hydrogen) atoms. The molecule has 1 amide bonds. The molecule has 2 N–H and O–H groups in total. The molecule has 0 saturated heterocycles. The van der Waals surface area contributed by atoms with Crippen LogP contribution >= 0.6 is 0 Å². The summed E-state index contributed by atoms with van der Waals surface area (Å²) in [4.78, 5) is 16.7. The minimum absolute atomic E-state index is 0.0543. The highest BCUT2D eigenvalue weighted by Gasteiger charge is 2.19. The minimum Gasteiger partial charge on any atom is -0.508 e. The predicted octanol–water partition coefficient (Wildman–Crippen LogP) is 2.55. The van der Waals surface area contributed by atoms with Gasteiger partial charge in [0.2, 0.25) is 0 Å². The Morgan fingerprint density at radius 2 is 1.94 bits per heavy atom. The van der Waals surface area contributed by atoms with Crippen LogP contribution in [0.4, 0.5) is 0 Å². The number of nitrogens with one attached hydrogen (secondary N) is 1. The molecule has 4 heteroatoms. The topological polar surface area (TPSA) is 56.3 Å². The standard InChI is InChI=1S/C14H16N2O2/c1-10(11-5-7-12(17)8-6-11)16(2)14(18)13-4-3-9-15-13/h3-10,15,17H,1-2H3. The fraction of sp³-hybridized carbons (Fsp3) is 0.214. The molecule has 0 spiro atoms. The molecule has 1 heterocycles. The van der Waals surface area contributed by atoms with Gasteiger partial charge in [0.15, 0.2) is 0 Å². The molecule has 1 atom stereocenters. The number of rotatable bonds is 3. The lowest BCUT2D eigenvalue weighted by molar-refractivity contribution is 0.0737. The number of carbonyl (C=O) groups excluding carboxylic acids is 1. The summed E-state index contributed by atoms with van der Waals surface area (Å²) in [5, 5.41) is 9.25. The normalized spacial score (nSPS) is 12.1. The highest BCUT2D eigenvalue weighted by atomic mass is 16.3. The number of amides is 1. The molecule has 0 aliphatic carbocycles. The zero-order valence-corrected chi connectivity index (χ0v) is 10.4. The number of aromatic amines is 1. The van der Waals surface area contributed by atoms with Crippen LogP contribution in [0.15, 0.2) is 42.6 Å². The fourth-order valence-electron chi connectivity index (χ4n) is 1.81. The maximum absolute atomic E-state index is 12.1. The van der Waals surface area contributed by atoms with Crippen molar-refractivity contribution in [1.82, 2.24) is 9.88 Å². The number of hydrogen-bond acceptors (Lipinski definition) is 2. The van der Waals surface area contributed by atoms with Gasteiger partial charge in [0.05, 0.1) is 6.04 Å². The molecule has 2 aromatic rings. The van der Waals surface area contributed by atoms with Gasteiger partial charge in [0.1, 0.15) is 11.4 Å². The first-order chi connectivity index (χ1) is 8.59. The van der Waals surface area contributed by atoms with E-state index in [-0.39, 0.29) is 17.7 Å². The van der Waals surface area contributed by atoms with Crippen molar-refractivity contribution < 1.29 is 9.90 Å². The van der Waals surface area contributed by atoms with Gasteiger partial charge in [-0.2, -0.15) is 0 Å². The molecule has 0 fully saturated rings. The molecular weight excluding hydrogens is 228 g/mol. The average molecular weight is 244 g/mol. The third kappa shape index (κ3) is 2.37. The lowest BCUT2D eigenvalue weighted by Gasteiger charge is -2.25. The van der Waals surface area contributed by atoms with E-state index in [4.69, 9.17) is 0 Å². The van der Waals surface area contributed by atoms with E-state index < -0.39 is 0 Å². The second-order valence-corrected chi connectivity index (χ2v) is 4.27. The number of phenols is 1. The molecule has 1 aromatic carbocycles. The number of benzene rings is 1. The Hall–Kier alpha value is -2.23. The maximum atomic E-state index is 12.1. The number of hydrogen-bond donors (Lipinski definition) is 2. The number of carbonyl (C=O) groups is 1. The van der Waals surface area contributed by atoms with E-state index in [0.29, 0.717) is 5.69 Å². The zero-order valence-electron chi connectivity index (χ0n) is 10.4. The van der Waals surface area contributed by atoms with E-state index in [1.807, 2.05) is 19.1 Å². The largest absolute Gasteiger partial charge is 0.508 e. The zero-order chi connectivity index (χ0) is 13.1. The third-order valence-corrected chi connectivity index (χ3v) is 3.11. The van der Waals surface area contributed by atoms with Crippen LogP contribution in [0.5, 0.6) is 5.75 Å². The Labute approximate surface area is 106 Å². The van der Waals surface area contributed by atoms with Gasteiger partial charge in [0, 0.05) is 13.2 Å². The van der Waals surface area contributed by atoms with E-state index in [9.17, 15) is 9.90 Å². The second-order valence-electron chi connectivity index (χ2n) is 4.27. The first-order valence-corrected chi connectivity index (χ1v) is 5.79. The minimum atomic E-state index is -0.0550. The smallest absolute Gasteiger partial charge is 0.270 e. The Bertz CT molecular complexity index is 517. The second kappa shape index (κ2) is 4.96. The average Bonchev–Trinajstić information content (AvgIpc) is 2.91. The van der Waals surface area contributed by atoms with Gasteiger partial charge in [-0.15, -0.1) is 0 Å². The number of H-pyrrole nitrogens is 1. The van der Waals surface area contributed by atoms with E-state index in [2.05, 4.69) is 4.98 Å². The Morgan fingerprint density at radius 1 is 1.28 bits per heavy atom. The van der Waals surface area contributed by atoms with E-state index in [1.165, 1.54) is 0 Å². The molecule has 1 unspecified atom stereocenters. The molecule has 0 radical (unpaired) electrons. The molecular formula is C14H16N2O2. The van der Waals surface area contributed by atoms with Crippen LogP contribution in [0.2, 0.25) is 0 Å². The van der Waals surface area contributed by atoms with Crippen molar-refractivity contribution in [2.24, 2.45) is 0 Å². The summed E-state index contributed by atoms with van der Waals surface area (Å²) in [7, 11) is 1.76. The number of aromatic hydroxyl groups is 1. The van der Waals surface area contributed by atoms with Crippen LogP contribution in [0.25, 0.3) is 0 Å². The predicted molar refractivity (Wildman–Crippen MR) is 69.4 cm³/mol. The summed E-state index contributed by atoms with van der Waals surface area (Å²) in [5.41, 5.74) is 1.55. The maximum Gasteiger partial charge on any atom is 0.270 e. The summed E-state index contributed by atoms with van der Waals surface area (Å²) in [5.74, 6) is 0.171. The van der Waals surface area contributed by atoms with Crippen LogP contribution in [0.1, 0.15) is 29.0 Å². The Morgan fingerprint density at radius 3 is 2.50 bits per heavy atom. The summed E-state index contributed by atoms with van der Waals surface area (Å²) < 4.78 is 0. The van der Waals surface area contributed by atoms with Crippen LogP contribution in [-0.4, -0.2) is 27.9 Å². The summed E-state index contributed by atoms with van der Waals surface area (Å²) in [6, 6.07) is 10.4. The van der Waals surface area contributed by atoms with Crippen molar-refractivity contribution in [3.8, 4) is 5.75 Å². The number of phenolic OH excluding ortho intramolecular Hbond substituents is 1. The molecule has 0 bridgehead atoms. The molecule has 0 saturated carbocycles. The quantitative estimate of drug-likeness (QED) is 0.871. The van der Waals surface area contributed by atoms with E-state index in [1.54, 1.807) is 42.4 Å². The molecule has 94 valence electrons. The number of nitrogens with zero attached hydrogens (tertiary/aromatic N) is 1. The van der Waals surface area contributed by atoms with Crippen LogP contribution in [0, 0.1) is 0 Å². The van der Waals surface area contributed by atoms with Gasteiger partial charge in [-0.1, -0.05) is 12.1 Å². The third-order valence-electron chi connectivity index (χ3n) is 3.11. The van der Waals surface area contributed by atoms with Gasteiger partial charge in [-0.05, 0) is 36.8 Å². The highest BCUT2D eigenvalue weighted by Crippen LogP contribution is 2.22. The highest BCUT2D eigenvalue weighted by molar-refractivity contribution is 5.92. The van der Waals surface area contributed by atoms with Crippen LogP contribution in [-0.2, 0) is 0 Å². The van der Waals surface area contributed by atoms with Crippen LogP contribution < -0.4 is 0 Å². The summed E-state index contributed by atoms with van der Waals surface area (Å²) in [6.45, 7) is 1.95. The Kier molecular flexibility index (Phi) is 3.37. The lowest BCUT2D eigenvalue weighted by Crippen LogP contribution is -2.29. The Balaban J connectivity index is 2.16. The summed E-state index contributed by atoms with van der Waals surface area (Å²) >= 11 is 0. The summed E-state index contributed by atoms with van der Waals surface area (Å²) in [6.07, 6.45) is 1.73. The SMILES string of the molecule is CC(c1ccc(O)cc1)N(C)C(=O)c1ccc[nH]1. The monoisotopic (exact) mass is 244 g/mol. The van der Waals surface area contributed by atoms with Crippen molar-refractivity contribution >= 4 is 5.91 Å². The van der Waals surface area contributed by atoms with Gasteiger partial charge < -0.3 is 15.0 Å².